The quantitative estimate of drug-likeness (QED) is 0.583. The first-order valence-electron chi connectivity index (χ1n) is 9.41. The Balaban J connectivity index is 1.48. The minimum Gasteiger partial charge on any atom is -0.459 e. The number of carbonyl (C=O) groups excluding carboxylic acids is 2. The van der Waals surface area contributed by atoms with Crippen LogP contribution in [0.1, 0.15) is 33.0 Å². The van der Waals surface area contributed by atoms with Crippen molar-refractivity contribution >= 4 is 28.9 Å². The fourth-order valence-electron chi connectivity index (χ4n) is 2.83. The third-order valence-electron chi connectivity index (χ3n) is 4.63. The van der Waals surface area contributed by atoms with Gasteiger partial charge in [0.2, 0.25) is 5.91 Å². The highest BCUT2D eigenvalue weighted by Gasteiger charge is 2.11. The van der Waals surface area contributed by atoms with Crippen LogP contribution in [0.4, 0.5) is 5.69 Å². The van der Waals surface area contributed by atoms with Gasteiger partial charge in [0.25, 0.3) is 0 Å². The molecule has 3 rings (SSSR count). The number of para-hydroxylation sites is 1. The third-order valence-corrected chi connectivity index (χ3v) is 5.53. The molecule has 0 fully saturated rings. The van der Waals surface area contributed by atoms with Crippen LogP contribution in [0.5, 0.6) is 0 Å². The number of thiazole rings is 1. The first-order valence-corrected chi connectivity index (χ1v) is 10.3. The lowest BCUT2D eigenvalue weighted by atomic mass is 10.0. The molecule has 1 heterocycles. The van der Waals surface area contributed by atoms with Crippen molar-refractivity contribution in [3.63, 3.8) is 0 Å². The van der Waals surface area contributed by atoms with Gasteiger partial charge in [0.1, 0.15) is 11.6 Å². The fourth-order valence-corrected chi connectivity index (χ4v) is 3.60. The van der Waals surface area contributed by atoms with Crippen molar-refractivity contribution in [2.24, 2.45) is 0 Å². The Kier molecular flexibility index (Phi) is 6.77. The number of aromatic nitrogens is 1. The van der Waals surface area contributed by atoms with Crippen molar-refractivity contribution in [2.45, 2.75) is 40.2 Å². The van der Waals surface area contributed by atoms with Crippen LogP contribution in [0.3, 0.4) is 0 Å². The van der Waals surface area contributed by atoms with Crippen LogP contribution in [0.15, 0.2) is 47.8 Å². The van der Waals surface area contributed by atoms with Gasteiger partial charge in [-0.2, -0.15) is 0 Å². The minimum atomic E-state index is -0.292. The van der Waals surface area contributed by atoms with Crippen LogP contribution < -0.4 is 5.32 Å². The molecule has 29 heavy (non-hydrogen) atoms. The number of hydrogen-bond donors (Lipinski definition) is 1. The first-order chi connectivity index (χ1) is 13.9. The molecule has 0 radical (unpaired) electrons. The van der Waals surface area contributed by atoms with E-state index in [0.717, 1.165) is 22.4 Å². The third kappa shape index (κ3) is 5.99. The zero-order valence-electron chi connectivity index (χ0n) is 16.8. The van der Waals surface area contributed by atoms with Crippen molar-refractivity contribution in [1.82, 2.24) is 4.98 Å². The summed E-state index contributed by atoms with van der Waals surface area (Å²) >= 11 is 1.39. The number of esters is 1. The first kappa shape index (κ1) is 20.7. The Bertz CT molecular complexity index is 1030. The van der Waals surface area contributed by atoms with E-state index in [1.165, 1.54) is 16.9 Å². The van der Waals surface area contributed by atoms with Gasteiger partial charge in [-0.1, -0.05) is 36.4 Å². The Morgan fingerprint density at radius 3 is 2.55 bits per heavy atom. The molecule has 0 aliphatic rings. The van der Waals surface area contributed by atoms with E-state index in [1.807, 2.05) is 68.6 Å². The Labute approximate surface area is 174 Å². The number of rotatable bonds is 7. The molecular formula is C23H24N2O3S. The summed E-state index contributed by atoms with van der Waals surface area (Å²) < 4.78 is 5.34. The van der Waals surface area contributed by atoms with E-state index in [4.69, 9.17) is 4.74 Å². The zero-order chi connectivity index (χ0) is 20.8. The summed E-state index contributed by atoms with van der Waals surface area (Å²) in [6.45, 7) is 6.12. The molecule has 150 valence electrons. The summed E-state index contributed by atoms with van der Waals surface area (Å²) in [4.78, 5) is 28.7. The number of benzene rings is 2. The number of hydrogen-bond acceptors (Lipinski definition) is 5. The van der Waals surface area contributed by atoms with Crippen LogP contribution in [0, 0.1) is 20.8 Å². The second kappa shape index (κ2) is 9.47. The molecule has 5 nitrogen and oxygen atoms in total. The number of anilines is 1. The van der Waals surface area contributed by atoms with E-state index in [1.54, 1.807) is 0 Å². The highest BCUT2D eigenvalue weighted by Crippen LogP contribution is 2.16. The lowest BCUT2D eigenvalue weighted by molar-refractivity contribution is -0.144. The number of amides is 1. The zero-order valence-corrected chi connectivity index (χ0v) is 17.6. The molecule has 1 N–H and O–H groups in total. The molecule has 0 spiro atoms. The van der Waals surface area contributed by atoms with E-state index in [2.05, 4.69) is 10.3 Å². The second-order valence-corrected chi connectivity index (χ2v) is 7.97. The molecule has 2 aromatic carbocycles. The second-order valence-electron chi connectivity index (χ2n) is 7.03. The fraction of sp³-hybridized carbons (Fsp3) is 0.261. The minimum absolute atomic E-state index is 0.111. The molecule has 0 aliphatic heterocycles. The largest absolute Gasteiger partial charge is 0.459 e. The number of nitrogens with zero attached hydrogens (tertiary/aromatic N) is 1. The maximum absolute atomic E-state index is 12.2. The van der Waals surface area contributed by atoms with Crippen LogP contribution in [0.25, 0.3) is 0 Å². The maximum atomic E-state index is 12.2. The summed E-state index contributed by atoms with van der Waals surface area (Å²) in [5, 5.41) is 5.41. The van der Waals surface area contributed by atoms with Gasteiger partial charge in [0.05, 0.1) is 18.5 Å². The van der Waals surface area contributed by atoms with Gasteiger partial charge in [-0.3, -0.25) is 9.59 Å². The molecule has 0 unspecified atom stereocenters. The summed E-state index contributed by atoms with van der Waals surface area (Å²) in [7, 11) is 0. The van der Waals surface area contributed by atoms with Gasteiger partial charge in [0.15, 0.2) is 0 Å². The molecule has 1 aromatic heterocycles. The predicted octanol–water partition coefficient (Wildman–Crippen LogP) is 4.54. The molecule has 0 atom stereocenters. The highest BCUT2D eigenvalue weighted by molar-refractivity contribution is 7.09. The Morgan fingerprint density at radius 2 is 1.79 bits per heavy atom. The average molecular weight is 409 g/mol. The number of carbonyl (C=O) groups is 2. The molecule has 0 saturated heterocycles. The van der Waals surface area contributed by atoms with Gasteiger partial charge < -0.3 is 10.1 Å². The molecule has 1 amide bonds. The van der Waals surface area contributed by atoms with E-state index in [0.29, 0.717) is 10.7 Å². The highest BCUT2D eigenvalue weighted by atomic mass is 32.1. The van der Waals surface area contributed by atoms with Crippen molar-refractivity contribution in [1.29, 1.82) is 0 Å². The van der Waals surface area contributed by atoms with Crippen LogP contribution >= 0.6 is 11.3 Å². The molecule has 3 aromatic rings. The van der Waals surface area contributed by atoms with E-state index in [9.17, 15) is 9.59 Å². The SMILES string of the molecule is Cc1ccc(CC(=O)OCc2csc(CC(=O)Nc3ccccc3C)n2)cc1C. The van der Waals surface area contributed by atoms with E-state index < -0.39 is 0 Å². The van der Waals surface area contributed by atoms with Crippen molar-refractivity contribution in [2.75, 3.05) is 5.32 Å². The normalized spacial score (nSPS) is 10.6. The van der Waals surface area contributed by atoms with Crippen LogP contribution in [-0.2, 0) is 33.8 Å². The average Bonchev–Trinajstić information content (AvgIpc) is 3.12. The Morgan fingerprint density at radius 1 is 1.00 bits per heavy atom. The molecule has 0 aliphatic carbocycles. The maximum Gasteiger partial charge on any atom is 0.310 e. The van der Waals surface area contributed by atoms with Crippen molar-refractivity contribution in [3.05, 3.63) is 80.8 Å². The van der Waals surface area contributed by atoms with Crippen LogP contribution in [-0.4, -0.2) is 16.9 Å². The van der Waals surface area contributed by atoms with Gasteiger partial charge in [0, 0.05) is 11.1 Å². The topological polar surface area (TPSA) is 68.3 Å². The lowest BCUT2D eigenvalue weighted by Gasteiger charge is -2.07. The Hall–Kier alpha value is -2.99. The predicted molar refractivity (Wildman–Crippen MR) is 115 cm³/mol. The van der Waals surface area contributed by atoms with Gasteiger partial charge in [-0.25, -0.2) is 4.98 Å². The van der Waals surface area contributed by atoms with Gasteiger partial charge in [-0.05, 0) is 49.1 Å². The van der Waals surface area contributed by atoms with Crippen molar-refractivity contribution < 1.29 is 14.3 Å². The number of nitrogens with one attached hydrogen (secondary N) is 1. The molecular weight excluding hydrogens is 384 g/mol. The molecule has 6 heteroatoms. The summed E-state index contributed by atoms with van der Waals surface area (Å²) in [6.07, 6.45) is 0.423. The van der Waals surface area contributed by atoms with Crippen LogP contribution in [0.2, 0.25) is 0 Å². The lowest BCUT2D eigenvalue weighted by Crippen LogP contribution is -2.15. The number of aryl methyl sites for hydroxylation is 3. The number of ether oxygens (including phenoxy) is 1. The smallest absolute Gasteiger partial charge is 0.310 e. The van der Waals surface area contributed by atoms with E-state index >= 15 is 0 Å². The monoisotopic (exact) mass is 408 g/mol. The van der Waals surface area contributed by atoms with E-state index in [-0.39, 0.29) is 31.3 Å². The van der Waals surface area contributed by atoms with Crippen molar-refractivity contribution in [3.8, 4) is 0 Å². The standard InChI is InChI=1S/C23H24N2O3S/c1-15-8-9-18(10-17(15)3)11-23(27)28-13-19-14-29-22(24-19)12-21(26)25-20-7-5-4-6-16(20)2/h4-10,14H,11-13H2,1-3H3,(H,25,26). The van der Waals surface area contributed by atoms with Gasteiger partial charge in [-0.15, -0.1) is 11.3 Å². The summed E-state index contributed by atoms with van der Waals surface area (Å²) in [5.74, 6) is -0.410. The molecule has 0 saturated carbocycles. The molecule has 0 bridgehead atoms. The summed E-state index contributed by atoms with van der Waals surface area (Å²) in [5.41, 5.74) is 5.75. The summed E-state index contributed by atoms with van der Waals surface area (Å²) in [6, 6.07) is 13.6. The van der Waals surface area contributed by atoms with Gasteiger partial charge >= 0.3 is 5.97 Å².